The molecule has 1 aromatic rings. The van der Waals surface area contributed by atoms with Crippen LogP contribution in [0.5, 0.6) is 5.75 Å². The van der Waals surface area contributed by atoms with E-state index in [0.717, 1.165) is 11.3 Å². The van der Waals surface area contributed by atoms with Gasteiger partial charge >= 0.3 is 0 Å². The third-order valence-corrected chi connectivity index (χ3v) is 3.86. The molecule has 4 nitrogen and oxygen atoms in total. The van der Waals surface area contributed by atoms with E-state index in [9.17, 15) is 0 Å². The van der Waals surface area contributed by atoms with Gasteiger partial charge in [0.15, 0.2) is 0 Å². The Kier molecular flexibility index (Phi) is 3.73. The van der Waals surface area contributed by atoms with Gasteiger partial charge in [0.2, 0.25) is 0 Å². The van der Waals surface area contributed by atoms with Crippen molar-refractivity contribution in [2.45, 2.75) is 32.0 Å². The first-order valence-corrected chi connectivity index (χ1v) is 6.36. The summed E-state index contributed by atoms with van der Waals surface area (Å²) in [6.45, 7) is 4.13. The second-order valence-corrected chi connectivity index (χ2v) is 5.07. The van der Waals surface area contributed by atoms with E-state index in [1.807, 2.05) is 18.2 Å². The molecule has 1 aliphatic heterocycles. The van der Waals surface area contributed by atoms with Gasteiger partial charge in [-0.25, -0.2) is 0 Å². The molecule has 4 heteroatoms. The van der Waals surface area contributed by atoms with Gasteiger partial charge in [0.1, 0.15) is 11.9 Å². The van der Waals surface area contributed by atoms with Crippen LogP contribution in [0.15, 0.2) is 29.3 Å². The van der Waals surface area contributed by atoms with Gasteiger partial charge in [-0.3, -0.25) is 4.99 Å². The van der Waals surface area contributed by atoms with Crippen LogP contribution in [0.3, 0.4) is 0 Å². The quantitative estimate of drug-likeness (QED) is 0.863. The maximum atomic E-state index is 6.37. The number of ether oxygens (including phenoxy) is 1. The van der Waals surface area contributed by atoms with Crippen LogP contribution >= 0.6 is 0 Å². The number of methoxy groups -OCH3 is 1. The highest BCUT2D eigenvalue weighted by Gasteiger charge is 2.31. The van der Waals surface area contributed by atoms with Crippen molar-refractivity contribution < 1.29 is 4.74 Å². The van der Waals surface area contributed by atoms with Crippen molar-refractivity contribution in [2.24, 2.45) is 16.5 Å². The second kappa shape index (κ2) is 5.15. The van der Waals surface area contributed by atoms with E-state index in [-0.39, 0.29) is 0 Å². The molecule has 0 radical (unpaired) electrons. The topological polar surface area (TPSA) is 73.6 Å². The number of benzene rings is 1. The molecule has 4 N–H and O–H groups in total. The summed E-state index contributed by atoms with van der Waals surface area (Å²) in [5.74, 6) is 0.897. The van der Waals surface area contributed by atoms with Crippen molar-refractivity contribution in [3.8, 4) is 5.75 Å². The van der Waals surface area contributed by atoms with Crippen LogP contribution in [0.1, 0.15) is 16.7 Å². The average Bonchev–Trinajstić information content (AvgIpc) is 2.39. The van der Waals surface area contributed by atoms with Crippen molar-refractivity contribution >= 4 is 6.21 Å². The van der Waals surface area contributed by atoms with E-state index >= 15 is 0 Å². The summed E-state index contributed by atoms with van der Waals surface area (Å²) < 4.78 is 5.32. The van der Waals surface area contributed by atoms with Gasteiger partial charge in [-0.2, -0.15) is 0 Å². The SMILES string of the molecule is COc1ccc(CC2(N)C=CC=NC2N)c(C)c1C. The van der Waals surface area contributed by atoms with E-state index in [4.69, 9.17) is 16.2 Å². The van der Waals surface area contributed by atoms with Crippen molar-refractivity contribution in [1.82, 2.24) is 0 Å². The van der Waals surface area contributed by atoms with Crippen molar-refractivity contribution in [3.05, 3.63) is 41.0 Å². The first kappa shape index (κ1) is 13.8. The number of nitrogens with zero attached hydrogens (tertiary/aromatic N) is 1. The zero-order chi connectivity index (χ0) is 14.0. The molecule has 0 saturated heterocycles. The summed E-state index contributed by atoms with van der Waals surface area (Å²) in [7, 11) is 1.68. The highest BCUT2D eigenvalue weighted by Crippen LogP contribution is 2.27. The van der Waals surface area contributed by atoms with Gasteiger partial charge < -0.3 is 16.2 Å². The minimum absolute atomic E-state index is 0.403. The zero-order valence-corrected chi connectivity index (χ0v) is 11.7. The van der Waals surface area contributed by atoms with Gasteiger partial charge in [0, 0.05) is 6.21 Å². The first-order valence-electron chi connectivity index (χ1n) is 6.36. The lowest BCUT2D eigenvalue weighted by Crippen LogP contribution is -2.55. The van der Waals surface area contributed by atoms with E-state index in [1.54, 1.807) is 13.3 Å². The van der Waals surface area contributed by atoms with Crippen molar-refractivity contribution in [1.29, 1.82) is 0 Å². The fraction of sp³-hybridized carbons (Fsp3) is 0.400. The number of hydrogen-bond donors (Lipinski definition) is 2. The molecular weight excluding hydrogens is 238 g/mol. The molecule has 102 valence electrons. The van der Waals surface area contributed by atoms with Gasteiger partial charge in [0.05, 0.1) is 12.6 Å². The Morgan fingerprint density at radius 3 is 2.68 bits per heavy atom. The van der Waals surface area contributed by atoms with Crippen LogP contribution in [-0.4, -0.2) is 25.0 Å². The molecule has 2 rings (SSSR count). The van der Waals surface area contributed by atoms with Crippen LogP contribution in [-0.2, 0) is 6.42 Å². The standard InChI is InChI=1S/C15H21N3O/c1-10-11(2)13(19-3)6-5-12(10)9-15(17)7-4-8-18-14(15)16/h4-8,14H,9,16-17H2,1-3H3. The first-order chi connectivity index (χ1) is 8.98. The minimum atomic E-state index is -0.624. The monoisotopic (exact) mass is 259 g/mol. The third-order valence-electron chi connectivity index (χ3n) is 3.86. The highest BCUT2D eigenvalue weighted by atomic mass is 16.5. The molecular formula is C15H21N3O. The van der Waals surface area contributed by atoms with Gasteiger partial charge in [-0.1, -0.05) is 12.1 Å². The van der Waals surface area contributed by atoms with E-state index in [0.29, 0.717) is 6.42 Å². The maximum Gasteiger partial charge on any atom is 0.122 e. The van der Waals surface area contributed by atoms with Crippen LogP contribution in [0.25, 0.3) is 0 Å². The Labute approximate surface area is 114 Å². The fourth-order valence-electron chi connectivity index (χ4n) is 2.36. The summed E-state index contributed by atoms with van der Waals surface area (Å²) >= 11 is 0. The second-order valence-electron chi connectivity index (χ2n) is 5.07. The number of hydrogen-bond acceptors (Lipinski definition) is 4. The number of rotatable bonds is 3. The van der Waals surface area contributed by atoms with Gasteiger partial charge in [0.25, 0.3) is 0 Å². The average molecular weight is 259 g/mol. The molecule has 0 aromatic heterocycles. The third kappa shape index (κ3) is 2.55. The molecule has 2 unspecified atom stereocenters. The lowest BCUT2D eigenvalue weighted by atomic mass is 9.85. The summed E-state index contributed by atoms with van der Waals surface area (Å²) in [4.78, 5) is 4.18. The Hall–Kier alpha value is -1.65. The summed E-state index contributed by atoms with van der Waals surface area (Å²) in [5.41, 5.74) is 15.3. The molecule has 19 heavy (non-hydrogen) atoms. The van der Waals surface area contributed by atoms with Gasteiger partial charge in [-0.05, 0) is 49.1 Å². The Balaban J connectivity index is 2.32. The van der Waals surface area contributed by atoms with Crippen LogP contribution in [0.2, 0.25) is 0 Å². The molecule has 0 bridgehead atoms. The van der Waals surface area contributed by atoms with Crippen LogP contribution in [0, 0.1) is 13.8 Å². The molecule has 0 spiro atoms. The molecule has 0 amide bonds. The minimum Gasteiger partial charge on any atom is -0.496 e. The molecule has 0 aliphatic carbocycles. The Bertz CT molecular complexity index is 536. The molecule has 2 atom stereocenters. The summed E-state index contributed by atoms with van der Waals surface area (Å²) in [5, 5.41) is 0. The van der Waals surface area contributed by atoms with E-state index in [2.05, 4.69) is 24.9 Å². The largest absolute Gasteiger partial charge is 0.496 e. The maximum absolute atomic E-state index is 6.37. The Morgan fingerprint density at radius 1 is 1.32 bits per heavy atom. The van der Waals surface area contributed by atoms with Crippen molar-refractivity contribution in [2.75, 3.05) is 7.11 Å². The lowest BCUT2D eigenvalue weighted by molar-refractivity contribution is 0.408. The zero-order valence-electron chi connectivity index (χ0n) is 11.7. The van der Waals surface area contributed by atoms with E-state index in [1.165, 1.54) is 11.1 Å². The Morgan fingerprint density at radius 2 is 2.05 bits per heavy atom. The number of dihydropyridines is 1. The highest BCUT2D eigenvalue weighted by molar-refractivity contribution is 5.73. The normalized spacial score (nSPS) is 25.6. The number of allylic oxidation sites excluding steroid dienone is 1. The number of nitrogens with two attached hydrogens (primary N) is 2. The molecule has 1 aliphatic rings. The number of aliphatic imine (C=N–C) groups is 1. The fourth-order valence-corrected chi connectivity index (χ4v) is 2.36. The summed E-state index contributed by atoms with van der Waals surface area (Å²) in [6.07, 6.45) is 5.75. The smallest absolute Gasteiger partial charge is 0.122 e. The molecule has 1 aromatic carbocycles. The van der Waals surface area contributed by atoms with Crippen LogP contribution in [0.4, 0.5) is 0 Å². The lowest BCUT2D eigenvalue weighted by Gasteiger charge is -2.32. The van der Waals surface area contributed by atoms with E-state index < -0.39 is 11.7 Å². The molecule has 1 heterocycles. The predicted octanol–water partition coefficient (Wildman–Crippen LogP) is 1.48. The van der Waals surface area contributed by atoms with Crippen LogP contribution < -0.4 is 16.2 Å². The molecule has 0 fully saturated rings. The van der Waals surface area contributed by atoms with Crippen molar-refractivity contribution in [3.63, 3.8) is 0 Å². The van der Waals surface area contributed by atoms with Gasteiger partial charge in [-0.15, -0.1) is 0 Å². The summed E-state index contributed by atoms with van der Waals surface area (Å²) in [6, 6.07) is 4.02. The molecule has 0 saturated carbocycles. The predicted molar refractivity (Wildman–Crippen MR) is 78.7 cm³/mol.